The smallest absolute Gasteiger partial charge is 0.247 e. The predicted octanol–water partition coefficient (Wildman–Crippen LogP) is 4.47. The van der Waals surface area contributed by atoms with Gasteiger partial charge in [-0.15, -0.1) is 0 Å². The van der Waals surface area contributed by atoms with E-state index in [-0.39, 0.29) is 17.3 Å². The van der Waals surface area contributed by atoms with Crippen LogP contribution < -0.4 is 0 Å². The van der Waals surface area contributed by atoms with Crippen molar-refractivity contribution >= 4 is 11.9 Å². The number of hydrogen-bond donors (Lipinski definition) is 0. The Morgan fingerprint density at radius 3 is 1.88 bits per heavy atom. The molecule has 1 aliphatic heterocycles. The van der Waals surface area contributed by atoms with Gasteiger partial charge in [0.1, 0.15) is 0 Å². The molecule has 0 N–H and O–H groups in total. The standard InChI is InChI=1S/C18H32O6/c1-16(2,3)11-8-7-10-14(19)21-22-15(20)18(23-24-18)13-9-12-17(4,5)6/h7-13H2,1-6H3. The van der Waals surface area contributed by atoms with Gasteiger partial charge in [0.05, 0.1) is 6.42 Å². The third kappa shape index (κ3) is 8.64. The number of rotatable bonds is 8. The molecule has 24 heavy (non-hydrogen) atoms. The van der Waals surface area contributed by atoms with Crippen LogP contribution in [-0.4, -0.2) is 17.7 Å². The van der Waals surface area contributed by atoms with E-state index in [2.05, 4.69) is 51.3 Å². The van der Waals surface area contributed by atoms with Crippen molar-refractivity contribution in [3.05, 3.63) is 0 Å². The molecule has 0 unspecified atom stereocenters. The minimum absolute atomic E-state index is 0.166. The van der Waals surface area contributed by atoms with Gasteiger partial charge < -0.3 is 0 Å². The highest BCUT2D eigenvalue weighted by Gasteiger charge is 2.59. The Kier molecular flexibility index (Phi) is 7.23. The molecule has 1 aliphatic rings. The summed E-state index contributed by atoms with van der Waals surface area (Å²) in [6.45, 7) is 12.8. The molecule has 0 aromatic carbocycles. The first-order valence-corrected chi connectivity index (χ1v) is 8.72. The monoisotopic (exact) mass is 344 g/mol. The van der Waals surface area contributed by atoms with E-state index in [9.17, 15) is 9.59 Å². The molecule has 1 saturated heterocycles. The second-order valence-corrected chi connectivity index (χ2v) is 8.93. The highest BCUT2D eigenvalue weighted by atomic mass is 17.4. The zero-order valence-corrected chi connectivity index (χ0v) is 15.9. The number of hydrogen-bond acceptors (Lipinski definition) is 6. The van der Waals surface area contributed by atoms with Crippen LogP contribution in [0.1, 0.15) is 86.5 Å². The van der Waals surface area contributed by atoms with Crippen LogP contribution in [0, 0.1) is 10.8 Å². The van der Waals surface area contributed by atoms with Gasteiger partial charge in [0, 0.05) is 6.42 Å². The Bertz CT molecular complexity index is 426. The number of carbonyl (C=O) groups excluding carboxylic acids is 2. The normalized spacial score (nSPS) is 16.6. The van der Waals surface area contributed by atoms with E-state index in [4.69, 9.17) is 9.78 Å². The van der Waals surface area contributed by atoms with Gasteiger partial charge in [-0.1, -0.05) is 48.0 Å². The maximum atomic E-state index is 11.9. The van der Waals surface area contributed by atoms with E-state index >= 15 is 0 Å². The molecule has 1 rings (SSSR count). The van der Waals surface area contributed by atoms with Crippen LogP contribution in [-0.2, 0) is 29.1 Å². The van der Waals surface area contributed by atoms with E-state index in [1.54, 1.807) is 0 Å². The molecule has 0 bridgehead atoms. The van der Waals surface area contributed by atoms with Gasteiger partial charge in [0.15, 0.2) is 0 Å². The lowest BCUT2D eigenvalue weighted by molar-refractivity contribution is -0.264. The summed E-state index contributed by atoms with van der Waals surface area (Å²) in [4.78, 5) is 42.2. The van der Waals surface area contributed by atoms with Crippen LogP contribution in [0.2, 0.25) is 0 Å². The first kappa shape index (κ1) is 20.9. The average molecular weight is 344 g/mol. The molecular weight excluding hydrogens is 312 g/mol. The summed E-state index contributed by atoms with van der Waals surface area (Å²) in [5.74, 6) is -2.75. The molecule has 6 nitrogen and oxygen atoms in total. The minimum atomic E-state index is -1.39. The second-order valence-electron chi connectivity index (χ2n) is 8.93. The lowest BCUT2D eigenvalue weighted by Crippen LogP contribution is -2.28. The zero-order chi connectivity index (χ0) is 18.4. The fourth-order valence-corrected chi connectivity index (χ4v) is 2.27. The Hall–Kier alpha value is -1.14. The van der Waals surface area contributed by atoms with Gasteiger partial charge >= 0.3 is 17.7 Å². The molecule has 6 heteroatoms. The molecule has 0 spiro atoms. The van der Waals surface area contributed by atoms with Crippen LogP contribution in [0.4, 0.5) is 0 Å². The topological polar surface area (TPSA) is 77.7 Å². The van der Waals surface area contributed by atoms with Gasteiger partial charge in [-0.3, -0.25) is 0 Å². The van der Waals surface area contributed by atoms with Crippen molar-refractivity contribution in [3.8, 4) is 0 Å². The largest absolute Gasteiger partial charge is 0.420 e. The van der Waals surface area contributed by atoms with Gasteiger partial charge in [-0.2, -0.15) is 9.78 Å². The highest BCUT2D eigenvalue weighted by Crippen LogP contribution is 2.38. The Labute approximate surface area is 145 Å². The van der Waals surface area contributed by atoms with Crippen molar-refractivity contribution in [1.29, 1.82) is 0 Å². The maximum Gasteiger partial charge on any atom is 0.420 e. The second kappa shape index (κ2) is 8.30. The summed E-state index contributed by atoms with van der Waals surface area (Å²) in [5.41, 5.74) is 0.413. The molecule has 0 atom stereocenters. The van der Waals surface area contributed by atoms with Crippen LogP contribution >= 0.6 is 0 Å². The SMILES string of the molecule is CC(C)(C)CCCCC(=O)OOC(=O)C1(CCCC(C)(C)C)OO1. The van der Waals surface area contributed by atoms with Crippen LogP contribution in [0.25, 0.3) is 0 Å². The third-order valence-electron chi connectivity index (χ3n) is 3.80. The first-order chi connectivity index (χ1) is 10.9. The predicted molar refractivity (Wildman–Crippen MR) is 88.3 cm³/mol. The van der Waals surface area contributed by atoms with Crippen LogP contribution in [0.15, 0.2) is 0 Å². The van der Waals surface area contributed by atoms with Gasteiger partial charge in [0.25, 0.3) is 0 Å². The molecule has 0 saturated carbocycles. The molecule has 140 valence electrons. The Morgan fingerprint density at radius 1 is 0.833 bits per heavy atom. The van der Waals surface area contributed by atoms with Crippen molar-refractivity contribution in [2.75, 3.05) is 0 Å². The molecular formula is C18H32O6. The lowest BCUT2D eigenvalue weighted by Gasteiger charge is -2.17. The summed E-state index contributed by atoms with van der Waals surface area (Å²) < 4.78 is 0. The van der Waals surface area contributed by atoms with Crippen molar-refractivity contribution < 1.29 is 29.1 Å². The molecule has 0 radical (unpaired) electrons. The highest BCUT2D eigenvalue weighted by molar-refractivity contribution is 5.79. The van der Waals surface area contributed by atoms with Crippen LogP contribution in [0.5, 0.6) is 0 Å². The summed E-state index contributed by atoms with van der Waals surface area (Å²) in [5, 5.41) is 0. The summed E-state index contributed by atoms with van der Waals surface area (Å²) in [7, 11) is 0. The summed E-state index contributed by atoms with van der Waals surface area (Å²) >= 11 is 0. The minimum Gasteiger partial charge on any atom is -0.247 e. The number of unbranched alkanes of at least 4 members (excludes halogenated alkanes) is 1. The van der Waals surface area contributed by atoms with Gasteiger partial charge in [-0.25, -0.2) is 19.4 Å². The van der Waals surface area contributed by atoms with E-state index < -0.39 is 17.7 Å². The average Bonchev–Trinajstić information content (AvgIpc) is 3.19. The number of carbonyl (C=O) groups is 2. The quantitative estimate of drug-likeness (QED) is 0.280. The first-order valence-electron chi connectivity index (χ1n) is 8.72. The van der Waals surface area contributed by atoms with E-state index in [1.165, 1.54) is 0 Å². The molecule has 0 amide bonds. The summed E-state index contributed by atoms with van der Waals surface area (Å²) in [6.07, 6.45) is 4.93. The Morgan fingerprint density at radius 2 is 1.38 bits per heavy atom. The fourth-order valence-electron chi connectivity index (χ4n) is 2.27. The van der Waals surface area contributed by atoms with Crippen molar-refractivity contribution in [2.24, 2.45) is 10.8 Å². The summed E-state index contributed by atoms with van der Waals surface area (Å²) in [6, 6.07) is 0. The molecule has 0 aromatic rings. The van der Waals surface area contributed by atoms with Gasteiger partial charge in [0.2, 0.25) is 0 Å². The Balaban J connectivity index is 2.19. The molecule has 0 aromatic heterocycles. The molecule has 0 aliphatic carbocycles. The van der Waals surface area contributed by atoms with Gasteiger partial charge in [-0.05, 0) is 36.5 Å². The van der Waals surface area contributed by atoms with Crippen LogP contribution in [0.3, 0.4) is 0 Å². The fraction of sp³-hybridized carbons (Fsp3) is 0.889. The van der Waals surface area contributed by atoms with Crippen molar-refractivity contribution in [2.45, 2.75) is 92.3 Å². The van der Waals surface area contributed by atoms with Crippen molar-refractivity contribution in [3.63, 3.8) is 0 Å². The molecule has 1 fully saturated rings. The third-order valence-corrected chi connectivity index (χ3v) is 3.80. The maximum absolute atomic E-state index is 11.9. The van der Waals surface area contributed by atoms with E-state index in [0.717, 1.165) is 25.7 Å². The lowest BCUT2D eigenvalue weighted by atomic mass is 9.89. The zero-order valence-electron chi connectivity index (χ0n) is 15.9. The van der Waals surface area contributed by atoms with E-state index in [1.807, 2.05) is 0 Å². The molecule has 1 heterocycles. The van der Waals surface area contributed by atoms with E-state index in [0.29, 0.717) is 12.8 Å². The van der Waals surface area contributed by atoms with Crippen molar-refractivity contribution in [1.82, 2.24) is 0 Å².